The predicted octanol–water partition coefficient (Wildman–Crippen LogP) is 3.74. The molecule has 3 aliphatic rings. The molecule has 152 valence electrons. The largest absolute Gasteiger partial charge is 0.378 e. The number of urea groups is 1. The number of amides is 3. The number of benzene rings is 1. The summed E-state index contributed by atoms with van der Waals surface area (Å²) in [5.74, 6) is 0.594. The third kappa shape index (κ3) is 4.17. The fourth-order valence-corrected chi connectivity index (χ4v) is 4.96. The number of anilines is 1. The minimum absolute atomic E-state index is 0.0375. The molecule has 28 heavy (non-hydrogen) atoms. The van der Waals surface area contributed by atoms with Crippen molar-refractivity contribution in [1.82, 2.24) is 9.80 Å². The zero-order valence-electron chi connectivity index (χ0n) is 16.6. The lowest BCUT2D eigenvalue weighted by Crippen LogP contribution is -2.44. The van der Waals surface area contributed by atoms with Gasteiger partial charge < -0.3 is 19.9 Å². The number of hydrogen-bond donors (Lipinski definition) is 1. The second-order valence-electron chi connectivity index (χ2n) is 8.18. The Morgan fingerprint density at radius 1 is 0.929 bits per heavy atom. The average Bonchev–Trinajstić information content (AvgIpc) is 3.25. The fraction of sp³-hybridized carbons (Fsp3) is 0.636. The molecular weight excluding hydrogens is 354 g/mol. The van der Waals surface area contributed by atoms with Gasteiger partial charge in [0.2, 0.25) is 0 Å². The normalized spacial score (nSPS) is 23.6. The molecule has 0 aromatic heterocycles. The monoisotopic (exact) mass is 385 g/mol. The molecular formula is C22H31N3O3. The summed E-state index contributed by atoms with van der Waals surface area (Å²) in [6, 6.07) is 7.64. The maximum atomic E-state index is 13.1. The van der Waals surface area contributed by atoms with Crippen LogP contribution in [-0.4, -0.2) is 60.6 Å². The van der Waals surface area contributed by atoms with Crippen LogP contribution in [0.25, 0.3) is 0 Å². The van der Waals surface area contributed by atoms with Crippen molar-refractivity contribution in [2.24, 2.45) is 5.92 Å². The van der Waals surface area contributed by atoms with Gasteiger partial charge in [0.25, 0.3) is 5.91 Å². The number of para-hydroxylation sites is 1. The van der Waals surface area contributed by atoms with Crippen molar-refractivity contribution in [3.8, 4) is 0 Å². The minimum Gasteiger partial charge on any atom is -0.378 e. The first-order valence-corrected chi connectivity index (χ1v) is 10.8. The molecule has 6 nitrogen and oxygen atoms in total. The molecule has 1 atom stereocenters. The summed E-state index contributed by atoms with van der Waals surface area (Å²) in [4.78, 5) is 29.8. The molecule has 0 bridgehead atoms. The molecule has 0 radical (unpaired) electrons. The van der Waals surface area contributed by atoms with Crippen LogP contribution in [0.15, 0.2) is 24.3 Å². The van der Waals surface area contributed by atoms with E-state index in [0.717, 1.165) is 19.4 Å². The van der Waals surface area contributed by atoms with Crippen LogP contribution < -0.4 is 5.32 Å². The van der Waals surface area contributed by atoms with Crippen molar-refractivity contribution in [2.45, 2.75) is 51.0 Å². The summed E-state index contributed by atoms with van der Waals surface area (Å²) in [6.07, 6.45) is 8.55. The third-order valence-electron chi connectivity index (χ3n) is 6.45. The summed E-state index contributed by atoms with van der Waals surface area (Å²) < 4.78 is 5.35. The Labute approximate surface area is 167 Å². The molecule has 0 spiro atoms. The predicted molar refractivity (Wildman–Crippen MR) is 108 cm³/mol. The van der Waals surface area contributed by atoms with Crippen molar-refractivity contribution in [3.63, 3.8) is 0 Å². The molecule has 6 heteroatoms. The SMILES string of the molecule is O=C(c1ccccc1NC(=O)N1CCC[C@H]1C1CCCCC1)N1CCOCC1. The van der Waals surface area contributed by atoms with Gasteiger partial charge in [-0.1, -0.05) is 31.4 Å². The van der Waals surface area contributed by atoms with E-state index >= 15 is 0 Å². The molecule has 1 N–H and O–H groups in total. The molecule has 3 amide bonds. The molecule has 1 aliphatic carbocycles. The summed E-state index contributed by atoms with van der Waals surface area (Å²) in [5, 5.41) is 3.05. The van der Waals surface area contributed by atoms with E-state index in [-0.39, 0.29) is 11.9 Å². The number of ether oxygens (including phenoxy) is 1. The molecule has 1 aromatic carbocycles. The second-order valence-corrected chi connectivity index (χ2v) is 8.18. The lowest BCUT2D eigenvalue weighted by atomic mass is 9.83. The van der Waals surface area contributed by atoms with Crippen molar-refractivity contribution < 1.29 is 14.3 Å². The molecule has 4 rings (SSSR count). The highest BCUT2D eigenvalue weighted by Gasteiger charge is 2.35. The van der Waals surface area contributed by atoms with Gasteiger partial charge in [-0.3, -0.25) is 4.79 Å². The summed E-state index contributed by atoms with van der Waals surface area (Å²) >= 11 is 0. The van der Waals surface area contributed by atoms with Crippen molar-refractivity contribution >= 4 is 17.6 Å². The van der Waals surface area contributed by atoms with E-state index in [1.54, 1.807) is 11.0 Å². The number of nitrogens with zero attached hydrogens (tertiary/aromatic N) is 2. The number of morpholine rings is 1. The van der Waals surface area contributed by atoms with Gasteiger partial charge in [-0.05, 0) is 43.7 Å². The van der Waals surface area contributed by atoms with Crippen LogP contribution in [-0.2, 0) is 4.74 Å². The van der Waals surface area contributed by atoms with Crippen LogP contribution in [0.5, 0.6) is 0 Å². The van der Waals surface area contributed by atoms with E-state index in [9.17, 15) is 9.59 Å². The zero-order valence-corrected chi connectivity index (χ0v) is 16.6. The highest BCUT2D eigenvalue weighted by Crippen LogP contribution is 2.34. The highest BCUT2D eigenvalue weighted by molar-refractivity contribution is 6.03. The second kappa shape index (κ2) is 8.95. The number of nitrogens with one attached hydrogen (secondary N) is 1. The number of hydrogen-bond acceptors (Lipinski definition) is 3. The van der Waals surface area contributed by atoms with Crippen LogP contribution in [0, 0.1) is 5.92 Å². The first-order valence-electron chi connectivity index (χ1n) is 10.8. The Morgan fingerprint density at radius 3 is 2.46 bits per heavy atom. The van der Waals surface area contributed by atoms with E-state index in [0.29, 0.717) is 49.5 Å². The third-order valence-corrected chi connectivity index (χ3v) is 6.45. The Kier molecular flexibility index (Phi) is 6.15. The molecule has 2 saturated heterocycles. The summed E-state index contributed by atoms with van der Waals surface area (Å²) in [7, 11) is 0. The highest BCUT2D eigenvalue weighted by atomic mass is 16.5. The fourth-order valence-electron chi connectivity index (χ4n) is 4.96. The van der Waals surface area contributed by atoms with Crippen molar-refractivity contribution in [3.05, 3.63) is 29.8 Å². The van der Waals surface area contributed by atoms with Gasteiger partial charge in [0.15, 0.2) is 0 Å². The van der Waals surface area contributed by atoms with Gasteiger partial charge in [-0.15, -0.1) is 0 Å². The first-order chi connectivity index (χ1) is 13.7. The Balaban J connectivity index is 1.46. The Bertz CT molecular complexity index is 696. The Hall–Kier alpha value is -2.08. The quantitative estimate of drug-likeness (QED) is 0.862. The zero-order chi connectivity index (χ0) is 19.3. The molecule has 3 fully saturated rings. The minimum atomic E-state index is -0.0599. The molecule has 1 aromatic rings. The summed E-state index contributed by atoms with van der Waals surface area (Å²) in [5.41, 5.74) is 1.17. The van der Waals surface area contributed by atoms with Crippen LogP contribution >= 0.6 is 0 Å². The van der Waals surface area contributed by atoms with E-state index in [1.165, 1.54) is 32.1 Å². The van der Waals surface area contributed by atoms with Crippen molar-refractivity contribution in [1.29, 1.82) is 0 Å². The topological polar surface area (TPSA) is 61.9 Å². The lowest BCUT2D eigenvalue weighted by Gasteiger charge is -2.34. The van der Waals surface area contributed by atoms with Gasteiger partial charge in [-0.25, -0.2) is 4.79 Å². The number of carbonyl (C=O) groups excluding carboxylic acids is 2. The van der Waals surface area contributed by atoms with Crippen LogP contribution in [0.2, 0.25) is 0 Å². The first kappa shape index (κ1) is 19.2. The van der Waals surface area contributed by atoms with Gasteiger partial charge in [0.05, 0.1) is 24.5 Å². The van der Waals surface area contributed by atoms with Gasteiger partial charge >= 0.3 is 6.03 Å². The number of likely N-dealkylation sites (tertiary alicyclic amines) is 1. The van der Waals surface area contributed by atoms with E-state index in [2.05, 4.69) is 5.32 Å². The standard InChI is InChI=1S/C22H31N3O3/c26-21(24-13-15-28-16-14-24)18-9-4-5-10-19(18)23-22(27)25-12-6-11-20(25)17-7-2-1-3-8-17/h4-5,9-10,17,20H,1-3,6-8,11-16H2,(H,23,27)/t20-/m0/s1. The van der Waals surface area contributed by atoms with E-state index in [1.807, 2.05) is 23.1 Å². The molecule has 1 saturated carbocycles. The van der Waals surface area contributed by atoms with Crippen LogP contribution in [0.4, 0.5) is 10.5 Å². The van der Waals surface area contributed by atoms with Gasteiger partial charge in [-0.2, -0.15) is 0 Å². The lowest BCUT2D eigenvalue weighted by molar-refractivity contribution is 0.0303. The molecule has 2 aliphatic heterocycles. The molecule has 0 unspecified atom stereocenters. The van der Waals surface area contributed by atoms with Crippen molar-refractivity contribution in [2.75, 3.05) is 38.2 Å². The smallest absolute Gasteiger partial charge is 0.322 e. The van der Waals surface area contributed by atoms with E-state index < -0.39 is 0 Å². The van der Waals surface area contributed by atoms with Crippen LogP contribution in [0.1, 0.15) is 55.3 Å². The summed E-state index contributed by atoms with van der Waals surface area (Å²) in [6.45, 7) is 3.13. The number of rotatable bonds is 3. The number of carbonyl (C=O) groups is 2. The maximum absolute atomic E-state index is 13.1. The Morgan fingerprint density at radius 2 is 1.68 bits per heavy atom. The van der Waals surface area contributed by atoms with Gasteiger partial charge in [0.1, 0.15) is 0 Å². The van der Waals surface area contributed by atoms with Gasteiger partial charge in [0, 0.05) is 25.7 Å². The maximum Gasteiger partial charge on any atom is 0.322 e. The van der Waals surface area contributed by atoms with Crippen LogP contribution in [0.3, 0.4) is 0 Å². The van der Waals surface area contributed by atoms with E-state index in [4.69, 9.17) is 4.74 Å². The average molecular weight is 386 g/mol. The molecule has 2 heterocycles.